The van der Waals surface area contributed by atoms with Crippen molar-refractivity contribution >= 4 is 28.4 Å². The molecule has 3 aromatic rings. The van der Waals surface area contributed by atoms with Crippen molar-refractivity contribution in [3.8, 4) is 5.75 Å². The molecule has 0 unspecified atom stereocenters. The van der Waals surface area contributed by atoms with E-state index in [9.17, 15) is 4.79 Å². The number of benzene rings is 2. The van der Waals surface area contributed by atoms with Gasteiger partial charge >= 0.3 is 6.09 Å². The van der Waals surface area contributed by atoms with Crippen LogP contribution in [0.5, 0.6) is 5.75 Å². The number of hydrogen-bond donors (Lipinski definition) is 3. The van der Waals surface area contributed by atoms with Crippen molar-refractivity contribution < 1.29 is 14.3 Å². The molecule has 1 amide bonds. The van der Waals surface area contributed by atoms with E-state index in [1.165, 1.54) is 0 Å². The molecular formula is C25H32N4O3. The van der Waals surface area contributed by atoms with E-state index in [1.54, 1.807) is 6.20 Å². The molecule has 7 nitrogen and oxygen atoms in total. The van der Waals surface area contributed by atoms with Crippen LogP contribution in [0.15, 0.2) is 54.7 Å². The third kappa shape index (κ3) is 6.51. The van der Waals surface area contributed by atoms with Gasteiger partial charge in [-0.05, 0) is 58.4 Å². The van der Waals surface area contributed by atoms with Gasteiger partial charge in [0.1, 0.15) is 18.0 Å². The Labute approximate surface area is 189 Å². The van der Waals surface area contributed by atoms with Gasteiger partial charge in [-0.25, -0.2) is 4.79 Å². The number of rotatable bonds is 7. The molecule has 2 aromatic carbocycles. The minimum Gasteiger partial charge on any atom is -0.489 e. The van der Waals surface area contributed by atoms with Crippen molar-refractivity contribution in [1.82, 2.24) is 10.3 Å². The van der Waals surface area contributed by atoms with Crippen LogP contribution in [0.3, 0.4) is 0 Å². The Kier molecular flexibility index (Phi) is 6.77. The van der Waals surface area contributed by atoms with E-state index in [4.69, 9.17) is 15.2 Å². The second-order valence-electron chi connectivity index (χ2n) is 9.41. The van der Waals surface area contributed by atoms with E-state index in [-0.39, 0.29) is 0 Å². The maximum absolute atomic E-state index is 12.2. The first-order valence-electron chi connectivity index (χ1n) is 10.6. The highest BCUT2D eigenvalue weighted by Gasteiger charge is 2.25. The summed E-state index contributed by atoms with van der Waals surface area (Å²) in [6.45, 7) is 10.2. The van der Waals surface area contributed by atoms with Crippen molar-refractivity contribution in [3.63, 3.8) is 0 Å². The van der Waals surface area contributed by atoms with E-state index in [2.05, 4.69) is 15.6 Å². The van der Waals surface area contributed by atoms with E-state index in [0.29, 0.717) is 18.8 Å². The van der Waals surface area contributed by atoms with Crippen LogP contribution < -0.4 is 21.1 Å². The Morgan fingerprint density at radius 2 is 1.78 bits per heavy atom. The molecule has 0 aliphatic heterocycles. The van der Waals surface area contributed by atoms with E-state index >= 15 is 0 Å². The van der Waals surface area contributed by atoms with Crippen LogP contribution in [-0.4, -0.2) is 28.8 Å². The van der Waals surface area contributed by atoms with Gasteiger partial charge in [-0.1, -0.05) is 30.3 Å². The first kappa shape index (κ1) is 23.2. The second kappa shape index (κ2) is 9.34. The molecule has 0 bridgehead atoms. The number of nitrogen functional groups attached to an aromatic ring is 1. The summed E-state index contributed by atoms with van der Waals surface area (Å²) in [5.41, 5.74) is 8.26. The minimum atomic E-state index is -0.578. The summed E-state index contributed by atoms with van der Waals surface area (Å²) in [5, 5.41) is 7.12. The molecule has 3 rings (SSSR count). The van der Waals surface area contributed by atoms with Crippen LogP contribution in [-0.2, 0) is 11.3 Å². The van der Waals surface area contributed by atoms with Gasteiger partial charge in [0.15, 0.2) is 0 Å². The Morgan fingerprint density at radius 1 is 1.06 bits per heavy atom. The number of anilines is 2. The van der Waals surface area contributed by atoms with E-state index in [0.717, 1.165) is 27.9 Å². The van der Waals surface area contributed by atoms with Crippen LogP contribution >= 0.6 is 0 Å². The summed E-state index contributed by atoms with van der Waals surface area (Å²) in [4.78, 5) is 16.6. The maximum atomic E-state index is 12.2. The van der Waals surface area contributed by atoms with Gasteiger partial charge < -0.3 is 25.8 Å². The van der Waals surface area contributed by atoms with Crippen LogP contribution in [0.25, 0.3) is 10.9 Å². The van der Waals surface area contributed by atoms with Gasteiger partial charge in [0.05, 0.1) is 28.6 Å². The molecule has 4 N–H and O–H groups in total. The quantitative estimate of drug-likeness (QED) is 0.476. The molecule has 1 heterocycles. The van der Waals surface area contributed by atoms with E-state index in [1.807, 2.05) is 83.1 Å². The summed E-state index contributed by atoms with van der Waals surface area (Å²) in [5.74, 6) is 0.725. The number of hydrogen-bond acceptors (Lipinski definition) is 6. The monoisotopic (exact) mass is 436 g/mol. The van der Waals surface area contributed by atoms with Gasteiger partial charge in [-0.15, -0.1) is 0 Å². The lowest BCUT2D eigenvalue weighted by molar-refractivity contribution is 0.0478. The highest BCUT2D eigenvalue weighted by atomic mass is 16.6. The number of nitrogens with zero attached hydrogens (tertiary/aromatic N) is 1. The maximum Gasteiger partial charge on any atom is 0.408 e. The van der Waals surface area contributed by atoms with Crippen molar-refractivity contribution in [1.29, 1.82) is 0 Å². The molecule has 170 valence electrons. The lowest BCUT2D eigenvalue weighted by Gasteiger charge is -2.29. The van der Waals surface area contributed by atoms with Crippen molar-refractivity contribution in [2.24, 2.45) is 0 Å². The van der Waals surface area contributed by atoms with E-state index < -0.39 is 17.2 Å². The number of amides is 1. The lowest BCUT2D eigenvalue weighted by atomic mass is 10.1. The Morgan fingerprint density at radius 3 is 2.47 bits per heavy atom. The molecule has 0 aliphatic carbocycles. The predicted molar refractivity (Wildman–Crippen MR) is 129 cm³/mol. The fourth-order valence-corrected chi connectivity index (χ4v) is 3.15. The van der Waals surface area contributed by atoms with Crippen LogP contribution in [0, 0.1) is 0 Å². The molecule has 1 aromatic heterocycles. The predicted octanol–water partition coefficient (Wildman–Crippen LogP) is 5.11. The molecular weight excluding hydrogens is 404 g/mol. The summed E-state index contributed by atoms with van der Waals surface area (Å²) < 4.78 is 11.3. The summed E-state index contributed by atoms with van der Waals surface area (Å²) >= 11 is 0. The van der Waals surface area contributed by atoms with Crippen molar-refractivity contribution in [2.75, 3.05) is 17.6 Å². The van der Waals surface area contributed by atoms with Crippen molar-refractivity contribution in [3.05, 3.63) is 60.3 Å². The number of fused-ring (bicyclic) bond motifs is 1. The third-order valence-corrected chi connectivity index (χ3v) is 4.66. The Balaban J connectivity index is 1.75. The smallest absolute Gasteiger partial charge is 0.408 e. The fraction of sp³-hybridized carbons (Fsp3) is 0.360. The number of nitrogens with two attached hydrogens (primary N) is 1. The molecule has 0 spiro atoms. The molecule has 0 radical (unpaired) electrons. The second-order valence-corrected chi connectivity index (χ2v) is 9.41. The standard InChI is InChI=1S/C25H32N4O3/c1-24(2,3)32-23(30)29-25(4,5)16-28-22-19-13-18(11-12-21(19)27-14-20(22)26)31-15-17-9-7-6-8-10-17/h6-14H,15-16,26H2,1-5H3,(H,27,28)(H,29,30). The topological polar surface area (TPSA) is 98.5 Å². The first-order valence-corrected chi connectivity index (χ1v) is 10.6. The summed E-state index contributed by atoms with van der Waals surface area (Å²) in [7, 11) is 0. The Hall–Kier alpha value is -3.48. The van der Waals surface area contributed by atoms with Crippen LogP contribution in [0.4, 0.5) is 16.2 Å². The minimum absolute atomic E-state index is 0.435. The number of carbonyl (C=O) groups is 1. The largest absolute Gasteiger partial charge is 0.489 e. The Bertz CT molecular complexity index is 1080. The molecule has 0 saturated heterocycles. The zero-order chi connectivity index (χ0) is 23.4. The number of ether oxygens (including phenoxy) is 2. The zero-order valence-corrected chi connectivity index (χ0v) is 19.4. The lowest BCUT2D eigenvalue weighted by Crippen LogP contribution is -2.50. The highest BCUT2D eigenvalue weighted by molar-refractivity contribution is 5.97. The van der Waals surface area contributed by atoms with Gasteiger partial charge in [-0.2, -0.15) is 0 Å². The average molecular weight is 437 g/mol. The zero-order valence-electron chi connectivity index (χ0n) is 19.4. The number of nitrogens with one attached hydrogen (secondary N) is 2. The van der Waals surface area contributed by atoms with Crippen molar-refractivity contribution in [2.45, 2.75) is 52.4 Å². The molecule has 0 saturated carbocycles. The number of alkyl carbamates (subject to hydrolysis) is 1. The number of aromatic nitrogens is 1. The molecule has 7 heteroatoms. The summed E-state index contributed by atoms with van der Waals surface area (Å²) in [6, 6.07) is 15.7. The average Bonchev–Trinajstić information content (AvgIpc) is 2.70. The third-order valence-electron chi connectivity index (χ3n) is 4.66. The first-order chi connectivity index (χ1) is 15.0. The highest BCUT2D eigenvalue weighted by Crippen LogP contribution is 2.31. The van der Waals surface area contributed by atoms with Gasteiger partial charge in [0.25, 0.3) is 0 Å². The number of carbonyl (C=O) groups excluding carboxylic acids is 1. The normalized spacial score (nSPS) is 11.8. The number of pyridine rings is 1. The van der Waals surface area contributed by atoms with Gasteiger partial charge in [0.2, 0.25) is 0 Å². The fourth-order valence-electron chi connectivity index (χ4n) is 3.15. The van der Waals surface area contributed by atoms with Crippen LogP contribution in [0.1, 0.15) is 40.2 Å². The van der Waals surface area contributed by atoms with Crippen LogP contribution in [0.2, 0.25) is 0 Å². The van der Waals surface area contributed by atoms with Gasteiger partial charge in [0, 0.05) is 11.9 Å². The summed E-state index contributed by atoms with van der Waals surface area (Å²) in [6.07, 6.45) is 1.16. The molecule has 0 aliphatic rings. The molecule has 0 fully saturated rings. The SMILES string of the molecule is CC(C)(CNc1c(N)cnc2ccc(OCc3ccccc3)cc12)NC(=O)OC(C)(C)C. The molecule has 32 heavy (non-hydrogen) atoms. The molecule has 0 atom stereocenters. The van der Waals surface area contributed by atoms with Gasteiger partial charge in [-0.3, -0.25) is 4.98 Å².